The lowest BCUT2D eigenvalue weighted by molar-refractivity contribution is 0.532. The Morgan fingerprint density at radius 3 is 2.59 bits per heavy atom. The van der Waals surface area contributed by atoms with E-state index in [-0.39, 0.29) is 51.4 Å². The minimum absolute atomic E-state index is 0.0575. The van der Waals surface area contributed by atoms with Gasteiger partial charge in [0, 0.05) is 24.0 Å². The maximum absolute atomic E-state index is 14.2. The fourth-order valence-corrected chi connectivity index (χ4v) is 4.28. The topological polar surface area (TPSA) is 140 Å². The van der Waals surface area contributed by atoms with Gasteiger partial charge in [-0.15, -0.1) is 0 Å². The highest BCUT2D eigenvalue weighted by atomic mass is 19.1. The molecule has 5 rings (SSSR count). The van der Waals surface area contributed by atoms with Crippen molar-refractivity contribution in [2.75, 3.05) is 11.1 Å². The van der Waals surface area contributed by atoms with Gasteiger partial charge in [-0.3, -0.25) is 19.3 Å². The van der Waals surface area contributed by atoms with Crippen molar-refractivity contribution in [1.82, 2.24) is 29.1 Å². The second kappa shape index (κ2) is 10.0. The van der Waals surface area contributed by atoms with E-state index in [9.17, 15) is 13.6 Å². The van der Waals surface area contributed by atoms with Crippen molar-refractivity contribution in [2.45, 2.75) is 32.9 Å². The highest BCUT2D eigenvalue weighted by molar-refractivity contribution is 6.16. The van der Waals surface area contributed by atoms with Gasteiger partial charge in [-0.1, -0.05) is 12.1 Å². The Kier molecular flexibility index (Phi) is 6.60. The third kappa shape index (κ3) is 4.83. The van der Waals surface area contributed by atoms with Crippen LogP contribution in [-0.4, -0.2) is 34.8 Å². The van der Waals surface area contributed by atoms with Gasteiger partial charge in [0.15, 0.2) is 0 Å². The van der Waals surface area contributed by atoms with Gasteiger partial charge in [0.05, 0.1) is 34.8 Å². The molecule has 0 aliphatic rings. The van der Waals surface area contributed by atoms with E-state index in [1.54, 1.807) is 30.1 Å². The molecule has 0 spiro atoms. The number of halogens is 2. The molecule has 4 aromatic heterocycles. The number of aromatic nitrogens is 6. The van der Waals surface area contributed by atoms with Gasteiger partial charge in [-0.05, 0) is 50.6 Å². The van der Waals surface area contributed by atoms with Crippen molar-refractivity contribution in [2.24, 2.45) is 0 Å². The Bertz CT molecular complexity index is 1780. The Morgan fingerprint density at radius 2 is 1.87 bits per heavy atom. The summed E-state index contributed by atoms with van der Waals surface area (Å²) in [4.78, 5) is 26.6. The largest absolute Gasteiger partial charge is 0.383 e. The van der Waals surface area contributed by atoms with Crippen molar-refractivity contribution in [1.29, 1.82) is 5.41 Å². The lowest BCUT2D eigenvalue weighted by Gasteiger charge is -2.20. The lowest BCUT2D eigenvalue weighted by atomic mass is 10.0. The summed E-state index contributed by atoms with van der Waals surface area (Å²) >= 11 is 0. The fourth-order valence-electron chi connectivity index (χ4n) is 4.28. The molecule has 1 atom stereocenters. The Labute approximate surface area is 221 Å². The number of benzene rings is 1. The Balaban J connectivity index is 1.62. The van der Waals surface area contributed by atoms with Crippen LogP contribution < -0.4 is 16.6 Å². The van der Waals surface area contributed by atoms with Gasteiger partial charge in [-0.25, -0.2) is 23.7 Å². The number of pyridine rings is 1. The summed E-state index contributed by atoms with van der Waals surface area (Å²) < 4.78 is 31.0. The number of hydrogen-bond acceptors (Lipinski definition) is 8. The van der Waals surface area contributed by atoms with Crippen LogP contribution in [0.25, 0.3) is 16.8 Å². The number of anilines is 2. The summed E-state index contributed by atoms with van der Waals surface area (Å²) in [5.74, 6) is -0.835. The zero-order chi connectivity index (χ0) is 27.8. The molecule has 0 saturated carbocycles. The molecule has 0 aliphatic heterocycles. The summed E-state index contributed by atoms with van der Waals surface area (Å²) in [6, 6.07) is 7.56. The van der Waals surface area contributed by atoms with Crippen LogP contribution in [0.2, 0.25) is 0 Å². The zero-order valence-corrected chi connectivity index (χ0v) is 21.4. The van der Waals surface area contributed by atoms with Gasteiger partial charge >= 0.3 is 0 Å². The normalized spacial score (nSPS) is 12.2. The van der Waals surface area contributed by atoms with Gasteiger partial charge < -0.3 is 11.1 Å². The first-order valence-corrected chi connectivity index (χ1v) is 12.1. The monoisotopic (exact) mass is 529 g/mol. The van der Waals surface area contributed by atoms with Crippen molar-refractivity contribution < 1.29 is 8.78 Å². The first kappa shape index (κ1) is 25.6. The van der Waals surface area contributed by atoms with E-state index in [1.807, 2.05) is 13.8 Å². The van der Waals surface area contributed by atoms with E-state index < -0.39 is 23.2 Å². The highest BCUT2D eigenvalue weighted by Gasteiger charge is 2.24. The van der Waals surface area contributed by atoms with Crippen LogP contribution in [0.1, 0.15) is 49.7 Å². The van der Waals surface area contributed by atoms with Gasteiger partial charge in [-0.2, -0.15) is 5.10 Å². The number of nitrogens with one attached hydrogen (secondary N) is 2. The smallest absolute Gasteiger partial charge is 0.266 e. The third-order valence-electron chi connectivity index (χ3n) is 6.24. The van der Waals surface area contributed by atoms with Gasteiger partial charge in [0.2, 0.25) is 0 Å². The van der Waals surface area contributed by atoms with Crippen LogP contribution in [0.15, 0.2) is 66.1 Å². The minimum atomic E-state index is -0.676. The van der Waals surface area contributed by atoms with E-state index in [4.69, 9.17) is 11.1 Å². The summed E-state index contributed by atoms with van der Waals surface area (Å²) in [6.07, 6.45) is 5.60. The molecule has 1 aromatic carbocycles. The van der Waals surface area contributed by atoms with Crippen LogP contribution in [0.3, 0.4) is 0 Å². The summed E-state index contributed by atoms with van der Waals surface area (Å²) in [7, 11) is 0. The molecule has 39 heavy (non-hydrogen) atoms. The summed E-state index contributed by atoms with van der Waals surface area (Å²) in [5, 5.41) is 16.3. The molecule has 0 amide bonds. The molecule has 0 bridgehead atoms. The molecule has 10 nitrogen and oxygen atoms in total. The average Bonchev–Trinajstić information content (AvgIpc) is 3.40. The average molecular weight is 530 g/mol. The standard InChI is InChI=1S/C27H25F2N9O/c1-14(2)38-11-17(10-34-38)23(30)22-25(31)32-13-33-26(22)35-15(3)24-21(16-5-4-6-18(28)9-16)27(39)37-12-19(29)7-8-20(37)36-24/h4-15,30H,1-3H3,(H3,31,32,33,35)/t15-/m1/s1. The summed E-state index contributed by atoms with van der Waals surface area (Å²) in [6.45, 7) is 5.69. The maximum atomic E-state index is 14.2. The first-order chi connectivity index (χ1) is 18.6. The quantitative estimate of drug-likeness (QED) is 0.266. The maximum Gasteiger partial charge on any atom is 0.266 e. The zero-order valence-electron chi connectivity index (χ0n) is 21.4. The number of fused-ring (bicyclic) bond motifs is 1. The molecule has 0 aliphatic carbocycles. The minimum Gasteiger partial charge on any atom is -0.383 e. The highest BCUT2D eigenvalue weighted by Crippen LogP contribution is 2.30. The molecule has 0 fully saturated rings. The van der Waals surface area contributed by atoms with Crippen LogP contribution >= 0.6 is 0 Å². The molecule has 0 radical (unpaired) electrons. The SMILES string of the molecule is CC(C)n1cc(C(=N)c2c(N)ncnc2N[C@H](C)c2nc3ccc(F)cn3c(=O)c2-c2cccc(F)c2)cn1. The molecule has 0 saturated heterocycles. The second-order valence-corrected chi connectivity index (χ2v) is 9.29. The molecule has 5 aromatic rings. The molecular weight excluding hydrogens is 504 g/mol. The second-order valence-electron chi connectivity index (χ2n) is 9.29. The van der Waals surface area contributed by atoms with Gasteiger partial charge in [0.25, 0.3) is 5.56 Å². The summed E-state index contributed by atoms with van der Waals surface area (Å²) in [5.41, 5.74) is 7.31. The number of nitrogens with zero attached hydrogens (tertiary/aromatic N) is 6. The van der Waals surface area contributed by atoms with Crippen molar-refractivity contribution >= 4 is 23.0 Å². The van der Waals surface area contributed by atoms with E-state index in [1.165, 1.54) is 36.7 Å². The van der Waals surface area contributed by atoms with E-state index in [2.05, 4.69) is 25.4 Å². The van der Waals surface area contributed by atoms with E-state index in [0.717, 1.165) is 10.6 Å². The van der Waals surface area contributed by atoms with E-state index >= 15 is 0 Å². The van der Waals surface area contributed by atoms with Crippen molar-refractivity contribution in [3.05, 3.63) is 100 Å². The van der Waals surface area contributed by atoms with Crippen molar-refractivity contribution in [3.63, 3.8) is 0 Å². The number of nitrogen functional groups attached to an aromatic ring is 1. The number of rotatable bonds is 7. The third-order valence-corrected chi connectivity index (χ3v) is 6.24. The lowest BCUT2D eigenvalue weighted by Crippen LogP contribution is -2.24. The Hall–Kier alpha value is -5.00. The molecule has 0 unspecified atom stereocenters. The van der Waals surface area contributed by atoms with Crippen LogP contribution in [0.5, 0.6) is 0 Å². The van der Waals surface area contributed by atoms with Crippen LogP contribution in [0.4, 0.5) is 20.4 Å². The van der Waals surface area contributed by atoms with Crippen LogP contribution in [0, 0.1) is 17.0 Å². The molecule has 12 heteroatoms. The van der Waals surface area contributed by atoms with E-state index in [0.29, 0.717) is 5.56 Å². The molecule has 198 valence electrons. The first-order valence-electron chi connectivity index (χ1n) is 12.1. The molecular formula is C27H25F2N9O. The fraction of sp³-hybridized carbons (Fsp3) is 0.185. The molecule has 4 N–H and O–H groups in total. The van der Waals surface area contributed by atoms with Crippen LogP contribution in [-0.2, 0) is 0 Å². The number of nitrogens with two attached hydrogens (primary N) is 1. The predicted octanol–water partition coefficient (Wildman–Crippen LogP) is 4.38. The predicted molar refractivity (Wildman–Crippen MR) is 144 cm³/mol. The number of hydrogen-bond donors (Lipinski definition) is 3. The van der Waals surface area contributed by atoms with Gasteiger partial charge in [0.1, 0.15) is 35.2 Å². The molecule has 4 heterocycles. The Morgan fingerprint density at radius 1 is 1.08 bits per heavy atom. The van der Waals surface area contributed by atoms with Crippen molar-refractivity contribution in [3.8, 4) is 11.1 Å².